The Labute approximate surface area is 135 Å². The summed E-state index contributed by atoms with van der Waals surface area (Å²) in [6.45, 7) is 0.725. The Hall–Kier alpha value is -2.20. The first-order chi connectivity index (χ1) is 10.9. The quantitative estimate of drug-likeness (QED) is 0.477. The second-order valence-corrected chi connectivity index (χ2v) is 5.84. The van der Waals surface area contributed by atoms with Crippen molar-refractivity contribution in [3.8, 4) is 11.4 Å². The molecular weight excluding hydrogens is 292 g/mol. The molecule has 0 saturated heterocycles. The predicted octanol–water partition coefficient (Wildman–Crippen LogP) is 4.43. The van der Waals surface area contributed by atoms with Crippen LogP contribution in [-0.4, -0.2) is 21.9 Å². The molecule has 3 nitrogen and oxygen atoms in total. The minimum atomic E-state index is 0.725. The fraction of sp³-hybridized carbons (Fsp3) is 0.167. The fourth-order valence-electron chi connectivity index (χ4n) is 2.11. The Kier molecular flexibility index (Phi) is 5.16. The van der Waals surface area contributed by atoms with Crippen molar-refractivity contribution in [2.24, 2.45) is 0 Å². The van der Waals surface area contributed by atoms with Gasteiger partial charge in [0.05, 0.1) is 6.61 Å². The van der Waals surface area contributed by atoms with Crippen LogP contribution in [-0.2, 0) is 0 Å². The average molecular weight is 310 g/mol. The Morgan fingerprint density at radius 2 is 1.68 bits per heavy atom. The van der Waals surface area contributed by atoms with Crippen LogP contribution in [0.2, 0.25) is 0 Å². The molecule has 0 radical (unpaired) electrons. The van der Waals surface area contributed by atoms with Crippen LogP contribution in [0.15, 0.2) is 78.2 Å². The predicted molar refractivity (Wildman–Crippen MR) is 90.8 cm³/mol. The molecule has 0 bridgehead atoms. The van der Waals surface area contributed by atoms with Gasteiger partial charge in [-0.1, -0.05) is 48.2 Å². The monoisotopic (exact) mass is 310 g/mol. The van der Waals surface area contributed by atoms with Gasteiger partial charge < -0.3 is 4.74 Å². The van der Waals surface area contributed by atoms with Crippen molar-refractivity contribution in [3.63, 3.8) is 0 Å². The molecule has 0 aliphatic carbocycles. The van der Waals surface area contributed by atoms with Crippen molar-refractivity contribution in [1.82, 2.24) is 9.55 Å². The molecule has 3 aromatic rings. The first-order valence-electron chi connectivity index (χ1n) is 7.33. The van der Waals surface area contributed by atoms with Crippen LogP contribution in [0.25, 0.3) is 5.69 Å². The van der Waals surface area contributed by atoms with Crippen LogP contribution < -0.4 is 4.74 Å². The highest BCUT2D eigenvalue weighted by Gasteiger charge is 2.05. The van der Waals surface area contributed by atoms with E-state index in [1.165, 1.54) is 0 Å². The molecule has 1 heterocycles. The van der Waals surface area contributed by atoms with E-state index < -0.39 is 0 Å². The number of thioether (sulfide) groups is 1. The zero-order valence-corrected chi connectivity index (χ0v) is 13.1. The van der Waals surface area contributed by atoms with Gasteiger partial charge in [-0.25, -0.2) is 4.98 Å². The zero-order chi connectivity index (χ0) is 15.0. The SMILES string of the molecule is c1ccc(OCCCSc2nccn2-c2ccccc2)cc1. The van der Waals surface area contributed by atoms with Gasteiger partial charge in [0.2, 0.25) is 0 Å². The lowest BCUT2D eigenvalue weighted by Crippen LogP contribution is -2.00. The maximum Gasteiger partial charge on any atom is 0.172 e. The van der Waals surface area contributed by atoms with Crippen molar-refractivity contribution in [2.45, 2.75) is 11.6 Å². The molecular formula is C18H18N2OS. The molecule has 3 rings (SSSR count). The van der Waals surface area contributed by atoms with Crippen LogP contribution >= 0.6 is 11.8 Å². The minimum Gasteiger partial charge on any atom is -0.494 e. The lowest BCUT2D eigenvalue weighted by atomic mass is 10.3. The summed E-state index contributed by atoms with van der Waals surface area (Å²) < 4.78 is 7.81. The summed E-state index contributed by atoms with van der Waals surface area (Å²) in [5, 5.41) is 1.02. The molecule has 22 heavy (non-hydrogen) atoms. The summed E-state index contributed by atoms with van der Waals surface area (Å²) in [5.74, 6) is 1.91. The van der Waals surface area contributed by atoms with Gasteiger partial charge in [0.1, 0.15) is 5.75 Å². The van der Waals surface area contributed by atoms with Crippen LogP contribution in [0.3, 0.4) is 0 Å². The fourth-order valence-corrected chi connectivity index (χ4v) is 3.00. The second-order valence-electron chi connectivity index (χ2n) is 4.78. The van der Waals surface area contributed by atoms with Crippen LogP contribution in [0, 0.1) is 0 Å². The Bertz CT molecular complexity index is 683. The summed E-state index contributed by atoms with van der Waals surface area (Å²) in [6, 6.07) is 20.2. The average Bonchev–Trinajstić information content (AvgIpc) is 3.05. The molecule has 4 heteroatoms. The third-order valence-electron chi connectivity index (χ3n) is 3.17. The summed E-state index contributed by atoms with van der Waals surface area (Å²) in [6.07, 6.45) is 4.83. The lowest BCUT2D eigenvalue weighted by molar-refractivity contribution is 0.318. The molecule has 0 aliphatic heterocycles. The number of nitrogens with zero attached hydrogens (tertiary/aromatic N) is 2. The maximum absolute atomic E-state index is 5.70. The summed E-state index contributed by atoms with van der Waals surface area (Å²) >= 11 is 1.76. The van der Waals surface area contributed by atoms with Crippen molar-refractivity contribution >= 4 is 11.8 Å². The number of para-hydroxylation sites is 2. The highest BCUT2D eigenvalue weighted by molar-refractivity contribution is 7.99. The number of hydrogen-bond donors (Lipinski definition) is 0. The van der Waals surface area contributed by atoms with E-state index in [1.54, 1.807) is 11.8 Å². The molecule has 0 unspecified atom stereocenters. The number of ether oxygens (including phenoxy) is 1. The van der Waals surface area contributed by atoms with E-state index in [4.69, 9.17) is 4.74 Å². The van der Waals surface area contributed by atoms with Crippen molar-refractivity contribution < 1.29 is 4.74 Å². The highest BCUT2D eigenvalue weighted by atomic mass is 32.2. The van der Waals surface area contributed by atoms with E-state index in [0.29, 0.717) is 0 Å². The molecule has 0 amide bonds. The Morgan fingerprint density at radius 1 is 0.955 bits per heavy atom. The first-order valence-corrected chi connectivity index (χ1v) is 8.31. The van der Waals surface area contributed by atoms with Gasteiger partial charge in [-0.2, -0.15) is 0 Å². The van der Waals surface area contributed by atoms with E-state index in [-0.39, 0.29) is 0 Å². The number of hydrogen-bond acceptors (Lipinski definition) is 3. The molecule has 0 spiro atoms. The first kappa shape index (κ1) is 14.7. The summed E-state index contributed by atoms with van der Waals surface area (Å²) in [4.78, 5) is 4.43. The molecule has 0 saturated carbocycles. The largest absolute Gasteiger partial charge is 0.494 e. The van der Waals surface area contributed by atoms with Crippen LogP contribution in [0.1, 0.15) is 6.42 Å². The third-order valence-corrected chi connectivity index (χ3v) is 4.23. The summed E-state index contributed by atoms with van der Waals surface area (Å²) in [5.41, 5.74) is 1.14. The molecule has 2 aromatic carbocycles. The Balaban J connectivity index is 1.48. The van der Waals surface area contributed by atoms with Crippen molar-refractivity contribution in [3.05, 3.63) is 73.1 Å². The number of aromatic nitrogens is 2. The second kappa shape index (κ2) is 7.71. The van der Waals surface area contributed by atoms with Crippen molar-refractivity contribution in [2.75, 3.05) is 12.4 Å². The van der Waals surface area contributed by atoms with Gasteiger partial charge in [-0.15, -0.1) is 0 Å². The smallest absolute Gasteiger partial charge is 0.172 e. The highest BCUT2D eigenvalue weighted by Crippen LogP contribution is 2.21. The lowest BCUT2D eigenvalue weighted by Gasteiger charge is -2.08. The maximum atomic E-state index is 5.70. The van der Waals surface area contributed by atoms with Crippen LogP contribution in [0.4, 0.5) is 0 Å². The van der Waals surface area contributed by atoms with Gasteiger partial charge in [0.25, 0.3) is 0 Å². The molecule has 1 aromatic heterocycles. The van der Waals surface area contributed by atoms with Crippen LogP contribution in [0.5, 0.6) is 5.75 Å². The van der Waals surface area contributed by atoms with E-state index in [0.717, 1.165) is 35.4 Å². The van der Waals surface area contributed by atoms with Gasteiger partial charge in [-0.05, 0) is 30.7 Å². The molecule has 0 N–H and O–H groups in total. The molecule has 0 aliphatic rings. The molecule has 112 valence electrons. The standard InChI is InChI=1S/C18H18N2OS/c1-3-8-16(9-4-1)20-13-12-19-18(20)22-15-7-14-21-17-10-5-2-6-11-17/h1-6,8-13H,7,14-15H2. The van der Waals surface area contributed by atoms with Gasteiger partial charge in [0, 0.05) is 23.8 Å². The normalized spacial score (nSPS) is 10.5. The molecule has 0 atom stereocenters. The molecule has 0 fully saturated rings. The Morgan fingerprint density at radius 3 is 2.45 bits per heavy atom. The van der Waals surface area contributed by atoms with E-state index in [9.17, 15) is 0 Å². The van der Waals surface area contributed by atoms with Gasteiger partial charge in [0.15, 0.2) is 5.16 Å². The minimum absolute atomic E-state index is 0.725. The van der Waals surface area contributed by atoms with Gasteiger partial charge in [-0.3, -0.25) is 4.57 Å². The van der Waals surface area contributed by atoms with E-state index in [2.05, 4.69) is 21.7 Å². The number of imidazole rings is 1. The number of benzene rings is 2. The van der Waals surface area contributed by atoms with E-state index in [1.807, 2.05) is 60.9 Å². The zero-order valence-electron chi connectivity index (χ0n) is 12.3. The van der Waals surface area contributed by atoms with Crippen molar-refractivity contribution in [1.29, 1.82) is 0 Å². The third kappa shape index (κ3) is 3.92. The number of rotatable bonds is 7. The van der Waals surface area contributed by atoms with Gasteiger partial charge >= 0.3 is 0 Å². The summed E-state index contributed by atoms with van der Waals surface area (Å²) in [7, 11) is 0. The topological polar surface area (TPSA) is 27.1 Å². The van der Waals surface area contributed by atoms with E-state index >= 15 is 0 Å².